The van der Waals surface area contributed by atoms with E-state index in [0.717, 1.165) is 17.0 Å². The Balaban J connectivity index is 1.70. The quantitative estimate of drug-likeness (QED) is 0.582. The number of aryl methyl sites for hydroxylation is 1. The molecule has 1 saturated carbocycles. The zero-order chi connectivity index (χ0) is 16.2. The molecule has 3 rings (SSSR count). The van der Waals surface area contributed by atoms with Crippen molar-refractivity contribution in [3.05, 3.63) is 70.5 Å². The molecule has 1 aliphatic rings. The van der Waals surface area contributed by atoms with Gasteiger partial charge >= 0.3 is 0 Å². The second-order valence-electron chi connectivity index (χ2n) is 6.79. The lowest BCUT2D eigenvalue weighted by Gasteiger charge is -2.26. The van der Waals surface area contributed by atoms with Gasteiger partial charge in [0.25, 0.3) is 0 Å². The summed E-state index contributed by atoms with van der Waals surface area (Å²) in [5.41, 5.74) is 3.79. The summed E-state index contributed by atoms with van der Waals surface area (Å²) in [6, 6.07) is 13.7. The van der Waals surface area contributed by atoms with Gasteiger partial charge in [-0.3, -0.25) is 0 Å². The molecule has 0 spiro atoms. The lowest BCUT2D eigenvalue weighted by Crippen LogP contribution is -2.10. The van der Waals surface area contributed by atoms with Gasteiger partial charge in [0.05, 0.1) is 0 Å². The molecule has 0 aliphatic heterocycles. The summed E-state index contributed by atoms with van der Waals surface area (Å²) < 4.78 is 13.5. The zero-order valence-electron chi connectivity index (χ0n) is 13.9. The van der Waals surface area contributed by atoms with E-state index < -0.39 is 0 Å². The predicted molar refractivity (Wildman–Crippen MR) is 93.9 cm³/mol. The highest BCUT2D eigenvalue weighted by Crippen LogP contribution is 2.35. The van der Waals surface area contributed by atoms with Gasteiger partial charge in [0.2, 0.25) is 0 Å². The van der Waals surface area contributed by atoms with E-state index in [2.05, 4.69) is 43.0 Å². The van der Waals surface area contributed by atoms with Crippen LogP contribution in [0, 0.1) is 30.5 Å². The Morgan fingerprint density at radius 3 is 2.13 bits per heavy atom. The molecule has 0 bridgehead atoms. The van der Waals surface area contributed by atoms with Crippen molar-refractivity contribution in [2.75, 3.05) is 0 Å². The monoisotopic (exact) mass is 306 g/mol. The largest absolute Gasteiger partial charge is 0.207 e. The standard InChI is InChI=1S/C22H23F/c1-16-3-11-20(12-4-16)21-13-9-18(10-14-21)7-8-19-6-5-17(2)22(23)15-19/h5-6,9-10,13-16,20H,3-4,11-12H2,1-2H3. The van der Waals surface area contributed by atoms with E-state index in [9.17, 15) is 4.39 Å². The van der Waals surface area contributed by atoms with E-state index >= 15 is 0 Å². The fraction of sp³-hybridized carbons (Fsp3) is 0.364. The second-order valence-corrected chi connectivity index (χ2v) is 6.79. The third-order valence-corrected chi connectivity index (χ3v) is 4.92. The topological polar surface area (TPSA) is 0 Å². The van der Waals surface area contributed by atoms with Gasteiger partial charge in [-0.05, 0) is 67.0 Å². The van der Waals surface area contributed by atoms with E-state index in [1.165, 1.54) is 37.3 Å². The van der Waals surface area contributed by atoms with Gasteiger partial charge in [-0.25, -0.2) is 4.39 Å². The predicted octanol–water partition coefficient (Wildman–Crippen LogP) is 5.83. The minimum Gasteiger partial charge on any atom is -0.207 e. The van der Waals surface area contributed by atoms with Gasteiger partial charge in [-0.2, -0.15) is 0 Å². The normalized spacial score (nSPS) is 20.7. The molecule has 23 heavy (non-hydrogen) atoms. The molecule has 0 radical (unpaired) electrons. The Hall–Kier alpha value is -2.07. The molecule has 0 heterocycles. The van der Waals surface area contributed by atoms with Crippen LogP contribution in [0.15, 0.2) is 42.5 Å². The summed E-state index contributed by atoms with van der Waals surface area (Å²) in [5, 5.41) is 0. The van der Waals surface area contributed by atoms with Crippen LogP contribution in [0.3, 0.4) is 0 Å². The maximum Gasteiger partial charge on any atom is 0.127 e. The van der Waals surface area contributed by atoms with E-state index in [1.807, 2.05) is 6.07 Å². The molecule has 118 valence electrons. The SMILES string of the molecule is Cc1ccc(C#Cc2ccc(C3CCC(C)CC3)cc2)cc1F. The minimum absolute atomic E-state index is 0.196. The fourth-order valence-electron chi connectivity index (χ4n) is 3.25. The molecule has 1 fully saturated rings. The van der Waals surface area contributed by atoms with E-state index in [-0.39, 0.29) is 5.82 Å². The first-order valence-corrected chi connectivity index (χ1v) is 8.50. The van der Waals surface area contributed by atoms with Gasteiger partial charge in [0, 0.05) is 11.1 Å². The number of hydrogen-bond acceptors (Lipinski definition) is 0. The summed E-state index contributed by atoms with van der Waals surface area (Å²) in [6.45, 7) is 4.11. The van der Waals surface area contributed by atoms with Gasteiger partial charge < -0.3 is 0 Å². The highest BCUT2D eigenvalue weighted by molar-refractivity contribution is 5.44. The maximum absolute atomic E-state index is 13.5. The molecule has 2 aromatic carbocycles. The smallest absolute Gasteiger partial charge is 0.127 e. The average Bonchev–Trinajstić information content (AvgIpc) is 2.57. The lowest BCUT2D eigenvalue weighted by molar-refractivity contribution is 0.348. The molecule has 0 saturated heterocycles. The summed E-state index contributed by atoms with van der Waals surface area (Å²) in [6.07, 6.45) is 5.28. The van der Waals surface area contributed by atoms with Crippen molar-refractivity contribution in [1.82, 2.24) is 0 Å². The van der Waals surface area contributed by atoms with Crippen LogP contribution in [0.1, 0.15) is 60.8 Å². The average molecular weight is 306 g/mol. The summed E-state index contributed by atoms with van der Waals surface area (Å²) in [4.78, 5) is 0. The minimum atomic E-state index is -0.196. The van der Waals surface area contributed by atoms with E-state index in [1.54, 1.807) is 13.0 Å². The molecular formula is C22H23F. The Morgan fingerprint density at radius 1 is 0.870 bits per heavy atom. The number of benzene rings is 2. The number of halogens is 1. The molecule has 0 N–H and O–H groups in total. The zero-order valence-corrected chi connectivity index (χ0v) is 13.9. The Labute approximate surface area is 138 Å². The highest BCUT2D eigenvalue weighted by Gasteiger charge is 2.19. The van der Waals surface area contributed by atoms with E-state index in [0.29, 0.717) is 11.5 Å². The molecule has 1 aliphatic carbocycles. The van der Waals surface area contributed by atoms with Crippen LogP contribution >= 0.6 is 0 Å². The lowest BCUT2D eigenvalue weighted by atomic mass is 9.79. The summed E-state index contributed by atoms with van der Waals surface area (Å²) in [7, 11) is 0. The van der Waals surface area contributed by atoms with Crippen LogP contribution in [0.25, 0.3) is 0 Å². The molecule has 1 heteroatoms. The van der Waals surface area contributed by atoms with Crippen molar-refractivity contribution in [2.45, 2.75) is 45.4 Å². The molecular weight excluding hydrogens is 283 g/mol. The number of rotatable bonds is 1. The van der Waals surface area contributed by atoms with Gasteiger partial charge in [-0.1, -0.05) is 49.8 Å². The molecule has 0 aromatic heterocycles. The van der Waals surface area contributed by atoms with Crippen molar-refractivity contribution in [1.29, 1.82) is 0 Å². The second kappa shape index (κ2) is 7.01. The highest BCUT2D eigenvalue weighted by atomic mass is 19.1. The van der Waals surface area contributed by atoms with Crippen LogP contribution in [0.4, 0.5) is 4.39 Å². The van der Waals surface area contributed by atoms with Crippen molar-refractivity contribution < 1.29 is 4.39 Å². The fourth-order valence-corrected chi connectivity index (χ4v) is 3.25. The molecule has 2 aromatic rings. The maximum atomic E-state index is 13.5. The summed E-state index contributed by atoms with van der Waals surface area (Å²) in [5.74, 6) is 7.56. The Bertz CT molecular complexity index is 723. The van der Waals surface area contributed by atoms with E-state index in [4.69, 9.17) is 0 Å². The number of hydrogen-bond donors (Lipinski definition) is 0. The molecule has 0 nitrogen and oxygen atoms in total. The first-order chi connectivity index (χ1) is 11.1. The van der Waals surface area contributed by atoms with Crippen molar-refractivity contribution in [3.8, 4) is 11.8 Å². The van der Waals surface area contributed by atoms with Crippen molar-refractivity contribution >= 4 is 0 Å². The Morgan fingerprint density at radius 2 is 1.48 bits per heavy atom. The van der Waals surface area contributed by atoms with Gasteiger partial charge in [0.1, 0.15) is 5.82 Å². The van der Waals surface area contributed by atoms with Crippen LogP contribution < -0.4 is 0 Å². The van der Waals surface area contributed by atoms with Crippen LogP contribution in [0.2, 0.25) is 0 Å². The third kappa shape index (κ3) is 4.02. The Kier molecular flexibility index (Phi) is 4.82. The van der Waals surface area contributed by atoms with Gasteiger partial charge in [0.15, 0.2) is 0 Å². The van der Waals surface area contributed by atoms with Crippen molar-refractivity contribution in [2.24, 2.45) is 5.92 Å². The van der Waals surface area contributed by atoms with Crippen LogP contribution in [-0.4, -0.2) is 0 Å². The van der Waals surface area contributed by atoms with Crippen LogP contribution in [-0.2, 0) is 0 Å². The van der Waals surface area contributed by atoms with Crippen LogP contribution in [0.5, 0.6) is 0 Å². The molecule has 0 unspecified atom stereocenters. The third-order valence-electron chi connectivity index (χ3n) is 4.92. The summed E-state index contributed by atoms with van der Waals surface area (Å²) >= 11 is 0. The first kappa shape index (κ1) is 15.8. The first-order valence-electron chi connectivity index (χ1n) is 8.50. The van der Waals surface area contributed by atoms with Gasteiger partial charge in [-0.15, -0.1) is 0 Å². The van der Waals surface area contributed by atoms with Crippen molar-refractivity contribution in [3.63, 3.8) is 0 Å². The molecule has 0 atom stereocenters. The molecule has 0 amide bonds.